The van der Waals surface area contributed by atoms with Crippen LogP contribution < -0.4 is 0 Å². The minimum absolute atomic E-state index is 0.0265. The van der Waals surface area contributed by atoms with Crippen LogP contribution in [-0.4, -0.2) is 11.9 Å². The van der Waals surface area contributed by atoms with Gasteiger partial charge in [-0.1, -0.05) is 199 Å². The summed E-state index contributed by atoms with van der Waals surface area (Å²) in [5, 5.41) is 0. The molecule has 0 saturated carbocycles. The molecular formula is C57H66N2. The number of hydrogen-bond donors (Lipinski definition) is 0. The van der Waals surface area contributed by atoms with Crippen LogP contribution in [0.4, 0.5) is 0 Å². The summed E-state index contributed by atoms with van der Waals surface area (Å²) in [4.78, 5) is 9.91. The van der Waals surface area contributed by atoms with Gasteiger partial charge >= 0.3 is 0 Å². The summed E-state index contributed by atoms with van der Waals surface area (Å²) in [6.45, 7) is 20.8. The number of allylic oxidation sites excluding steroid dienone is 13. The SMILES string of the molecule is C=C/C(=C\N=CC)C(c1ccccc1)c1cccc(/C2=C/C=C(/C(C)=N/C(=C\C(C)C3=CCCC=C3)c3ccccc3)C=CCC2)c1Cc1ccccc1C.CC.CC. The van der Waals surface area contributed by atoms with E-state index in [0.717, 1.165) is 60.2 Å². The van der Waals surface area contributed by atoms with E-state index in [1.807, 2.05) is 53.1 Å². The third kappa shape index (κ3) is 12.8. The Labute approximate surface area is 357 Å². The smallest absolute Gasteiger partial charge is 0.0671 e. The highest BCUT2D eigenvalue weighted by Crippen LogP contribution is 2.39. The van der Waals surface area contributed by atoms with Gasteiger partial charge in [-0.15, -0.1) is 0 Å². The van der Waals surface area contributed by atoms with E-state index >= 15 is 0 Å². The highest BCUT2D eigenvalue weighted by atomic mass is 14.8. The molecule has 6 rings (SSSR count). The lowest BCUT2D eigenvalue weighted by molar-refractivity contribution is 0.857. The van der Waals surface area contributed by atoms with Gasteiger partial charge in [-0.2, -0.15) is 0 Å². The van der Waals surface area contributed by atoms with Gasteiger partial charge in [0.15, 0.2) is 0 Å². The van der Waals surface area contributed by atoms with Crippen molar-refractivity contribution in [2.75, 3.05) is 0 Å². The molecule has 0 radical (unpaired) electrons. The van der Waals surface area contributed by atoms with Crippen molar-refractivity contribution in [1.82, 2.24) is 0 Å². The van der Waals surface area contributed by atoms with Crippen molar-refractivity contribution in [2.24, 2.45) is 15.9 Å². The zero-order valence-electron chi connectivity index (χ0n) is 37.0. The van der Waals surface area contributed by atoms with Crippen molar-refractivity contribution in [3.63, 3.8) is 0 Å². The molecule has 4 aromatic rings. The number of nitrogens with zero attached hydrogens (tertiary/aromatic N) is 2. The molecule has 0 heterocycles. The van der Waals surface area contributed by atoms with Crippen LogP contribution in [0.1, 0.15) is 119 Å². The number of rotatable bonds is 13. The zero-order valence-corrected chi connectivity index (χ0v) is 37.0. The minimum atomic E-state index is -0.0265. The molecule has 0 aliphatic heterocycles. The number of aliphatic imine (C=N–C) groups is 2. The van der Waals surface area contributed by atoms with E-state index in [1.54, 1.807) is 0 Å². The van der Waals surface area contributed by atoms with Crippen LogP contribution in [-0.2, 0) is 6.42 Å². The fourth-order valence-corrected chi connectivity index (χ4v) is 7.58. The summed E-state index contributed by atoms with van der Waals surface area (Å²) in [5.74, 6) is 0.238. The summed E-state index contributed by atoms with van der Waals surface area (Å²) < 4.78 is 0. The average molecular weight is 779 g/mol. The third-order valence-electron chi connectivity index (χ3n) is 10.6. The molecular weight excluding hydrogens is 713 g/mol. The third-order valence-corrected chi connectivity index (χ3v) is 10.6. The quantitative estimate of drug-likeness (QED) is 0.0954. The second-order valence-electron chi connectivity index (χ2n) is 14.4. The molecule has 0 amide bonds. The zero-order chi connectivity index (χ0) is 42.4. The van der Waals surface area contributed by atoms with Gasteiger partial charge in [0, 0.05) is 30.0 Å². The van der Waals surface area contributed by atoms with Crippen molar-refractivity contribution >= 4 is 23.2 Å². The van der Waals surface area contributed by atoms with Gasteiger partial charge in [-0.05, 0) is 114 Å². The van der Waals surface area contributed by atoms with E-state index in [0.29, 0.717) is 0 Å². The van der Waals surface area contributed by atoms with Crippen LogP contribution in [0, 0.1) is 12.8 Å². The van der Waals surface area contributed by atoms with Gasteiger partial charge in [-0.25, -0.2) is 0 Å². The van der Waals surface area contributed by atoms with Crippen LogP contribution in [0.3, 0.4) is 0 Å². The molecule has 304 valence electrons. The maximum Gasteiger partial charge on any atom is 0.0671 e. The van der Waals surface area contributed by atoms with Crippen LogP contribution in [0.5, 0.6) is 0 Å². The summed E-state index contributed by atoms with van der Waals surface area (Å²) in [6.07, 6.45) is 29.1. The second-order valence-corrected chi connectivity index (χ2v) is 14.4. The van der Waals surface area contributed by atoms with Crippen molar-refractivity contribution < 1.29 is 0 Å². The molecule has 0 saturated heterocycles. The Kier molecular flexibility index (Phi) is 19.3. The van der Waals surface area contributed by atoms with Crippen molar-refractivity contribution in [3.05, 3.63) is 226 Å². The largest absolute Gasteiger partial charge is 0.269 e. The molecule has 0 spiro atoms. The lowest BCUT2D eigenvalue weighted by atomic mass is 9.78. The van der Waals surface area contributed by atoms with Gasteiger partial charge in [0.05, 0.1) is 5.70 Å². The first-order valence-electron chi connectivity index (χ1n) is 21.8. The fourth-order valence-electron chi connectivity index (χ4n) is 7.58. The summed E-state index contributed by atoms with van der Waals surface area (Å²) in [5.41, 5.74) is 15.8. The second kappa shape index (κ2) is 24.8. The Hall–Kier alpha value is -5.86. The summed E-state index contributed by atoms with van der Waals surface area (Å²) >= 11 is 0. The fraction of sp³-hybridized carbons (Fsp3) is 0.263. The lowest BCUT2D eigenvalue weighted by Crippen LogP contribution is -2.10. The minimum Gasteiger partial charge on any atom is -0.269 e. The molecule has 2 aliphatic carbocycles. The Morgan fingerprint density at radius 1 is 0.780 bits per heavy atom. The normalized spacial score (nSPS) is 17.4. The predicted octanol–water partition coefficient (Wildman–Crippen LogP) is 16.0. The Morgan fingerprint density at radius 3 is 2.15 bits per heavy atom. The number of benzene rings is 4. The maximum absolute atomic E-state index is 5.33. The van der Waals surface area contributed by atoms with Gasteiger partial charge in [-0.3, -0.25) is 9.98 Å². The Balaban J connectivity index is 0.00000186. The maximum atomic E-state index is 5.33. The van der Waals surface area contributed by atoms with Crippen LogP contribution >= 0.6 is 0 Å². The highest BCUT2D eigenvalue weighted by molar-refractivity contribution is 6.04. The van der Waals surface area contributed by atoms with Gasteiger partial charge in [0.25, 0.3) is 0 Å². The number of hydrogen-bond acceptors (Lipinski definition) is 2. The molecule has 0 N–H and O–H groups in total. The average Bonchev–Trinajstić information content (AvgIpc) is 3.28. The molecule has 2 aliphatic rings. The molecule has 2 atom stereocenters. The number of aryl methyl sites for hydroxylation is 1. The van der Waals surface area contributed by atoms with E-state index in [4.69, 9.17) is 4.99 Å². The van der Waals surface area contributed by atoms with E-state index in [1.165, 1.54) is 44.5 Å². The molecule has 0 bridgehead atoms. The van der Waals surface area contributed by atoms with E-state index < -0.39 is 0 Å². The van der Waals surface area contributed by atoms with Crippen molar-refractivity contribution in [1.29, 1.82) is 0 Å². The molecule has 0 aromatic heterocycles. The first-order chi connectivity index (χ1) is 29.0. The molecule has 2 unspecified atom stereocenters. The molecule has 2 heteroatoms. The standard InChI is InChI=1S/C53H54N2.2C2H6/c1-6-42(38-54-7-2)53(47-29-15-10-16-30-47)50-33-21-32-49(51(50)37-48-31-18-17-22-39(48)3)45-26-20-19-25-44(34-35-45)41(5)55-52(46-27-13-9-14-28-46)36-40(4)43-23-11-8-12-24-43;2*1-2/h6-7,9-11,13-19,21-25,27-36,38,40,53H,1,8,12,20,26,37H2,2-5H3;2*1-2H3/b25-19?,42-38+,44-34+,45-35+,52-36-,54-7?,55-41+;;. The summed E-state index contributed by atoms with van der Waals surface area (Å²) in [7, 11) is 0. The Bertz CT molecular complexity index is 2230. The summed E-state index contributed by atoms with van der Waals surface area (Å²) in [6, 6.07) is 37.0. The van der Waals surface area contributed by atoms with Gasteiger partial charge < -0.3 is 0 Å². The van der Waals surface area contributed by atoms with Crippen molar-refractivity contribution in [3.8, 4) is 0 Å². The monoisotopic (exact) mass is 779 g/mol. The van der Waals surface area contributed by atoms with E-state index in [2.05, 4.69) is 184 Å². The topological polar surface area (TPSA) is 24.7 Å². The van der Waals surface area contributed by atoms with Gasteiger partial charge in [0.1, 0.15) is 0 Å². The lowest BCUT2D eigenvalue weighted by Gasteiger charge is -2.26. The van der Waals surface area contributed by atoms with E-state index in [-0.39, 0.29) is 11.8 Å². The highest BCUT2D eigenvalue weighted by Gasteiger charge is 2.24. The first kappa shape index (κ1) is 45.8. The molecule has 59 heavy (non-hydrogen) atoms. The molecule has 4 aromatic carbocycles. The van der Waals surface area contributed by atoms with E-state index in [9.17, 15) is 0 Å². The Morgan fingerprint density at radius 2 is 1.47 bits per heavy atom. The molecule has 0 fully saturated rings. The van der Waals surface area contributed by atoms with Crippen LogP contribution in [0.15, 0.2) is 197 Å². The van der Waals surface area contributed by atoms with Crippen molar-refractivity contribution in [2.45, 2.75) is 93.4 Å². The first-order valence-corrected chi connectivity index (χ1v) is 21.8. The van der Waals surface area contributed by atoms with Crippen LogP contribution in [0.25, 0.3) is 11.3 Å². The van der Waals surface area contributed by atoms with Crippen LogP contribution in [0.2, 0.25) is 0 Å². The van der Waals surface area contributed by atoms with Gasteiger partial charge in [0.2, 0.25) is 0 Å². The molecule has 2 nitrogen and oxygen atoms in total. The predicted molar refractivity (Wildman–Crippen MR) is 261 cm³/mol.